The highest BCUT2D eigenvalue weighted by Crippen LogP contribution is 2.32. The molecular formula is C25H25N5O4S. The molecule has 9 nitrogen and oxygen atoms in total. The topological polar surface area (TPSA) is 120 Å². The number of hydrogen-bond acceptors (Lipinski definition) is 8. The lowest BCUT2D eigenvalue weighted by Crippen LogP contribution is -2.54. The first-order chi connectivity index (χ1) is 16.9. The van der Waals surface area contributed by atoms with Crippen LogP contribution in [0.1, 0.15) is 52.0 Å². The Labute approximate surface area is 205 Å². The van der Waals surface area contributed by atoms with E-state index in [1.54, 1.807) is 29.5 Å². The molecule has 35 heavy (non-hydrogen) atoms. The van der Waals surface area contributed by atoms with Gasteiger partial charge in [0.15, 0.2) is 5.13 Å². The van der Waals surface area contributed by atoms with E-state index < -0.39 is 29.7 Å². The maximum atomic E-state index is 13.1. The summed E-state index contributed by atoms with van der Waals surface area (Å²) in [6.07, 6.45) is 1.98. The molecule has 1 saturated heterocycles. The molecule has 1 unspecified atom stereocenters. The summed E-state index contributed by atoms with van der Waals surface area (Å²) < 4.78 is 1.16. The molecule has 10 heteroatoms. The highest BCUT2D eigenvalue weighted by molar-refractivity contribution is 7.22. The zero-order chi connectivity index (χ0) is 24.5. The lowest BCUT2D eigenvalue weighted by molar-refractivity contribution is -0.136. The number of imide groups is 2. The van der Waals surface area contributed by atoms with Crippen LogP contribution < -0.4 is 16.0 Å². The molecular weight excluding hydrogens is 466 g/mol. The second-order valence-electron chi connectivity index (χ2n) is 8.73. The fourth-order valence-corrected chi connectivity index (χ4v) is 5.32. The number of rotatable bonds is 8. The second kappa shape index (κ2) is 9.46. The Bertz CT molecular complexity index is 1350. The van der Waals surface area contributed by atoms with Crippen molar-refractivity contribution < 1.29 is 19.2 Å². The van der Waals surface area contributed by atoms with Gasteiger partial charge in [0.2, 0.25) is 11.8 Å². The SMILES string of the molecule is Cc1ccc2sc(NCCCCNc3cccc4c3C(=O)N(C3CCC(=O)NC3=O)C4=O)nc2c1. The van der Waals surface area contributed by atoms with E-state index in [9.17, 15) is 19.2 Å². The minimum Gasteiger partial charge on any atom is -0.384 e. The summed E-state index contributed by atoms with van der Waals surface area (Å²) >= 11 is 1.63. The molecule has 1 fully saturated rings. The first-order valence-electron chi connectivity index (χ1n) is 11.6. The molecule has 0 aliphatic carbocycles. The normalized spacial score (nSPS) is 17.6. The average Bonchev–Trinajstić information content (AvgIpc) is 3.34. The zero-order valence-corrected chi connectivity index (χ0v) is 20.0. The van der Waals surface area contributed by atoms with E-state index in [-0.39, 0.29) is 24.0 Å². The van der Waals surface area contributed by atoms with Gasteiger partial charge in [-0.15, -0.1) is 0 Å². The van der Waals surface area contributed by atoms with Gasteiger partial charge in [0, 0.05) is 25.2 Å². The molecule has 3 N–H and O–H groups in total. The lowest BCUT2D eigenvalue weighted by atomic mass is 10.0. The van der Waals surface area contributed by atoms with Crippen molar-refractivity contribution in [1.82, 2.24) is 15.2 Å². The molecule has 2 aliphatic rings. The van der Waals surface area contributed by atoms with E-state index in [4.69, 9.17) is 0 Å². The molecule has 180 valence electrons. The highest BCUT2D eigenvalue weighted by Gasteiger charge is 2.45. The number of piperidine rings is 1. The Morgan fingerprint density at radius 1 is 1.06 bits per heavy atom. The standard InChI is InChI=1S/C25H25N5O4S/c1-14-7-9-19-17(13-14)28-25(35-19)27-12-3-2-11-26-16-6-4-5-15-21(16)24(34)30(23(15)33)18-8-10-20(31)29-22(18)32/h4-7,9,13,18,26H,2-3,8,10-12H2,1H3,(H,27,28)(H,29,31,32). The molecule has 3 heterocycles. The molecule has 2 aromatic carbocycles. The van der Waals surface area contributed by atoms with Gasteiger partial charge in [0.05, 0.1) is 21.3 Å². The fraction of sp³-hybridized carbons (Fsp3) is 0.320. The molecule has 1 atom stereocenters. The van der Waals surface area contributed by atoms with Crippen molar-refractivity contribution in [1.29, 1.82) is 0 Å². The van der Waals surface area contributed by atoms with Crippen LogP contribution in [0.25, 0.3) is 10.2 Å². The van der Waals surface area contributed by atoms with Gasteiger partial charge in [-0.05, 0) is 56.0 Å². The number of carbonyl (C=O) groups is 4. The zero-order valence-electron chi connectivity index (χ0n) is 19.2. The maximum Gasteiger partial charge on any atom is 0.264 e. The van der Waals surface area contributed by atoms with Gasteiger partial charge in [-0.3, -0.25) is 29.4 Å². The third-order valence-corrected chi connectivity index (χ3v) is 7.20. The van der Waals surface area contributed by atoms with E-state index in [0.717, 1.165) is 39.6 Å². The molecule has 3 aromatic rings. The summed E-state index contributed by atoms with van der Waals surface area (Å²) in [5.74, 6) is -2.01. The van der Waals surface area contributed by atoms with Crippen molar-refractivity contribution in [3.63, 3.8) is 0 Å². The number of aryl methyl sites for hydroxylation is 1. The second-order valence-corrected chi connectivity index (χ2v) is 9.76. The Morgan fingerprint density at radius 3 is 2.66 bits per heavy atom. The third kappa shape index (κ3) is 4.49. The maximum absolute atomic E-state index is 13.1. The van der Waals surface area contributed by atoms with Crippen LogP contribution in [0.5, 0.6) is 0 Å². The number of carbonyl (C=O) groups excluding carboxylic acids is 4. The van der Waals surface area contributed by atoms with Gasteiger partial charge in [0.25, 0.3) is 11.8 Å². The Hall–Kier alpha value is -3.79. The predicted molar refractivity (Wildman–Crippen MR) is 134 cm³/mol. The fourth-order valence-electron chi connectivity index (χ4n) is 4.44. The quantitative estimate of drug-likeness (QED) is 0.327. The van der Waals surface area contributed by atoms with Crippen LogP contribution in [0.4, 0.5) is 10.8 Å². The predicted octanol–water partition coefficient (Wildman–Crippen LogP) is 3.31. The molecule has 0 spiro atoms. The van der Waals surface area contributed by atoms with Crippen molar-refractivity contribution in [3.05, 3.63) is 53.1 Å². The number of amides is 4. The van der Waals surface area contributed by atoms with Crippen molar-refractivity contribution in [2.45, 2.75) is 38.6 Å². The van der Waals surface area contributed by atoms with E-state index in [2.05, 4.69) is 46.1 Å². The molecule has 2 aliphatic heterocycles. The van der Waals surface area contributed by atoms with E-state index in [1.807, 2.05) is 0 Å². The number of nitrogens with zero attached hydrogens (tertiary/aromatic N) is 2. The highest BCUT2D eigenvalue weighted by atomic mass is 32.1. The summed E-state index contributed by atoms with van der Waals surface area (Å²) in [5, 5.41) is 9.75. The first kappa shape index (κ1) is 23.0. The van der Waals surface area contributed by atoms with Crippen molar-refractivity contribution >= 4 is 56.0 Å². The van der Waals surface area contributed by atoms with Crippen molar-refractivity contribution in [3.8, 4) is 0 Å². The van der Waals surface area contributed by atoms with Crippen LogP contribution in [-0.4, -0.2) is 52.6 Å². The molecule has 0 bridgehead atoms. The summed E-state index contributed by atoms with van der Waals surface area (Å²) in [6.45, 7) is 3.45. The number of aromatic nitrogens is 1. The molecule has 1 aromatic heterocycles. The lowest BCUT2D eigenvalue weighted by Gasteiger charge is -2.27. The van der Waals surface area contributed by atoms with Gasteiger partial charge < -0.3 is 10.6 Å². The molecule has 4 amide bonds. The minimum absolute atomic E-state index is 0.0968. The smallest absolute Gasteiger partial charge is 0.264 e. The number of anilines is 2. The number of fused-ring (bicyclic) bond motifs is 2. The third-order valence-electron chi connectivity index (χ3n) is 6.21. The average molecular weight is 492 g/mol. The summed E-state index contributed by atoms with van der Waals surface area (Å²) in [7, 11) is 0. The van der Waals surface area contributed by atoms with Crippen LogP contribution in [0.2, 0.25) is 0 Å². The van der Waals surface area contributed by atoms with Gasteiger partial charge in [0.1, 0.15) is 6.04 Å². The largest absolute Gasteiger partial charge is 0.384 e. The minimum atomic E-state index is -0.967. The number of hydrogen-bond donors (Lipinski definition) is 3. The Morgan fingerprint density at radius 2 is 1.86 bits per heavy atom. The number of nitrogens with one attached hydrogen (secondary N) is 3. The monoisotopic (exact) mass is 491 g/mol. The molecule has 0 radical (unpaired) electrons. The Balaban J connectivity index is 1.16. The van der Waals surface area contributed by atoms with Crippen LogP contribution in [0, 0.1) is 6.92 Å². The van der Waals surface area contributed by atoms with E-state index in [0.29, 0.717) is 12.2 Å². The van der Waals surface area contributed by atoms with Crippen LogP contribution in [0.3, 0.4) is 0 Å². The van der Waals surface area contributed by atoms with Crippen LogP contribution in [-0.2, 0) is 9.59 Å². The molecule has 0 saturated carbocycles. The first-order valence-corrected chi connectivity index (χ1v) is 12.4. The summed E-state index contributed by atoms with van der Waals surface area (Å²) in [6, 6.07) is 10.4. The summed E-state index contributed by atoms with van der Waals surface area (Å²) in [4.78, 5) is 55.4. The van der Waals surface area contributed by atoms with Gasteiger partial charge in [-0.2, -0.15) is 0 Å². The summed E-state index contributed by atoms with van der Waals surface area (Å²) in [5.41, 5.74) is 3.32. The van der Waals surface area contributed by atoms with Gasteiger partial charge in [-0.1, -0.05) is 23.5 Å². The number of unbranched alkanes of at least 4 members (excludes halogenated alkanes) is 1. The van der Waals surface area contributed by atoms with Crippen molar-refractivity contribution in [2.24, 2.45) is 0 Å². The van der Waals surface area contributed by atoms with Crippen molar-refractivity contribution in [2.75, 3.05) is 23.7 Å². The number of thiazole rings is 1. The Kier molecular flexibility index (Phi) is 6.21. The van der Waals surface area contributed by atoms with Gasteiger partial charge in [-0.25, -0.2) is 4.98 Å². The van der Waals surface area contributed by atoms with Crippen LogP contribution >= 0.6 is 11.3 Å². The van der Waals surface area contributed by atoms with Crippen LogP contribution in [0.15, 0.2) is 36.4 Å². The van der Waals surface area contributed by atoms with E-state index in [1.165, 1.54) is 5.56 Å². The molecule has 5 rings (SSSR count). The van der Waals surface area contributed by atoms with E-state index >= 15 is 0 Å². The van der Waals surface area contributed by atoms with Gasteiger partial charge >= 0.3 is 0 Å². The number of benzene rings is 2.